The number of hydrogen-bond donors (Lipinski definition) is 0. The fourth-order valence-electron chi connectivity index (χ4n) is 2.02. The number of rotatable bonds is 4. The Morgan fingerprint density at radius 1 is 1.45 bits per heavy atom. The van der Waals surface area contributed by atoms with Crippen molar-refractivity contribution >= 4 is 11.7 Å². The van der Waals surface area contributed by atoms with Gasteiger partial charge in [-0.2, -0.15) is 0 Å². The highest BCUT2D eigenvalue weighted by Gasteiger charge is 2.23. The molecule has 1 fully saturated rings. The van der Waals surface area contributed by atoms with Crippen LogP contribution in [-0.4, -0.2) is 30.7 Å². The summed E-state index contributed by atoms with van der Waals surface area (Å²) in [6, 6.07) is 2.72. The van der Waals surface area contributed by atoms with Gasteiger partial charge in [-0.3, -0.25) is 10.1 Å². The molecule has 1 aliphatic heterocycles. The Bertz CT molecular complexity index is 513. The van der Waals surface area contributed by atoms with Gasteiger partial charge in [0.25, 0.3) is 5.69 Å². The molecule has 2 rings (SSSR count). The van der Waals surface area contributed by atoms with Gasteiger partial charge >= 0.3 is 5.97 Å². The summed E-state index contributed by atoms with van der Waals surface area (Å²) < 4.78 is 23.3. The smallest absolute Gasteiger partial charge is 0.345 e. The molecule has 1 heterocycles. The first-order valence-electron chi connectivity index (χ1n) is 6.26. The Morgan fingerprint density at radius 3 is 2.80 bits per heavy atom. The Kier molecular flexibility index (Phi) is 4.62. The van der Waals surface area contributed by atoms with E-state index in [1.165, 1.54) is 0 Å². The molecule has 0 aliphatic carbocycles. The molecule has 0 aromatic heterocycles. The van der Waals surface area contributed by atoms with Crippen LogP contribution in [0.4, 0.5) is 10.1 Å². The van der Waals surface area contributed by atoms with Gasteiger partial charge in [0, 0.05) is 19.3 Å². The fraction of sp³-hybridized carbons (Fsp3) is 0.462. The predicted molar refractivity (Wildman–Crippen MR) is 66.9 cm³/mol. The van der Waals surface area contributed by atoms with Gasteiger partial charge in [0.05, 0.1) is 11.5 Å². The second kappa shape index (κ2) is 6.42. The molecule has 6 nitrogen and oxygen atoms in total. The quantitative estimate of drug-likeness (QED) is 0.481. The lowest BCUT2D eigenvalue weighted by molar-refractivity contribution is -0.385. The topological polar surface area (TPSA) is 78.7 Å². The number of hydrogen-bond acceptors (Lipinski definition) is 5. The number of ether oxygens (including phenoxy) is 2. The van der Waals surface area contributed by atoms with Crippen LogP contribution in [-0.2, 0) is 9.47 Å². The monoisotopic (exact) mass is 283 g/mol. The number of benzene rings is 1. The van der Waals surface area contributed by atoms with Crippen molar-refractivity contribution in [3.63, 3.8) is 0 Å². The number of halogens is 1. The third-order valence-corrected chi connectivity index (χ3v) is 3.17. The van der Waals surface area contributed by atoms with E-state index in [1.54, 1.807) is 0 Å². The van der Waals surface area contributed by atoms with E-state index in [2.05, 4.69) is 0 Å². The van der Waals surface area contributed by atoms with Crippen LogP contribution < -0.4 is 0 Å². The van der Waals surface area contributed by atoms with Crippen LogP contribution in [0.3, 0.4) is 0 Å². The van der Waals surface area contributed by atoms with Crippen molar-refractivity contribution in [2.45, 2.75) is 12.8 Å². The first-order chi connectivity index (χ1) is 9.58. The van der Waals surface area contributed by atoms with E-state index in [0.29, 0.717) is 13.2 Å². The van der Waals surface area contributed by atoms with Gasteiger partial charge in [0.15, 0.2) is 0 Å². The molecule has 7 heteroatoms. The number of carbonyl (C=O) groups is 1. The molecule has 0 radical (unpaired) electrons. The lowest BCUT2D eigenvalue weighted by Crippen LogP contribution is -2.22. The van der Waals surface area contributed by atoms with Crippen molar-refractivity contribution < 1.29 is 23.6 Å². The van der Waals surface area contributed by atoms with Gasteiger partial charge in [-0.05, 0) is 30.9 Å². The largest absolute Gasteiger partial charge is 0.462 e. The maximum atomic E-state index is 13.1. The van der Waals surface area contributed by atoms with Crippen LogP contribution in [0.5, 0.6) is 0 Å². The summed E-state index contributed by atoms with van der Waals surface area (Å²) in [6.07, 6.45) is 1.55. The van der Waals surface area contributed by atoms with Crippen LogP contribution in [0, 0.1) is 21.8 Å². The number of esters is 1. The summed E-state index contributed by atoms with van der Waals surface area (Å²) >= 11 is 0. The van der Waals surface area contributed by atoms with Gasteiger partial charge in [-0.1, -0.05) is 0 Å². The molecule has 0 bridgehead atoms. The van der Waals surface area contributed by atoms with Gasteiger partial charge in [-0.15, -0.1) is 0 Å². The van der Waals surface area contributed by atoms with Crippen molar-refractivity contribution in [1.29, 1.82) is 0 Å². The van der Waals surface area contributed by atoms with Gasteiger partial charge < -0.3 is 9.47 Å². The average molecular weight is 283 g/mol. The minimum absolute atomic E-state index is 0.163. The minimum Gasteiger partial charge on any atom is -0.462 e. The molecule has 1 aromatic carbocycles. The highest BCUT2D eigenvalue weighted by atomic mass is 19.1. The van der Waals surface area contributed by atoms with Crippen LogP contribution in [0.2, 0.25) is 0 Å². The third-order valence-electron chi connectivity index (χ3n) is 3.17. The third kappa shape index (κ3) is 3.51. The van der Waals surface area contributed by atoms with E-state index in [0.717, 1.165) is 31.0 Å². The zero-order chi connectivity index (χ0) is 14.5. The van der Waals surface area contributed by atoms with E-state index in [-0.39, 0.29) is 18.1 Å². The summed E-state index contributed by atoms with van der Waals surface area (Å²) in [5.74, 6) is -1.41. The Morgan fingerprint density at radius 2 is 2.15 bits per heavy atom. The number of nitro benzene ring substituents is 1. The number of nitrogens with zero attached hydrogens (tertiary/aromatic N) is 1. The fourth-order valence-corrected chi connectivity index (χ4v) is 2.02. The van der Waals surface area contributed by atoms with Gasteiger partial charge in [0.1, 0.15) is 11.4 Å². The lowest BCUT2D eigenvalue weighted by atomic mass is 10.0. The molecule has 0 atom stereocenters. The maximum absolute atomic E-state index is 13.1. The Labute approximate surface area is 114 Å². The molecule has 1 saturated heterocycles. The second-order valence-electron chi connectivity index (χ2n) is 4.57. The highest BCUT2D eigenvalue weighted by molar-refractivity contribution is 5.93. The predicted octanol–water partition coefficient (Wildman–Crippen LogP) is 2.32. The lowest BCUT2D eigenvalue weighted by Gasteiger charge is -2.21. The van der Waals surface area contributed by atoms with Gasteiger partial charge in [0.2, 0.25) is 0 Å². The van der Waals surface area contributed by atoms with Crippen molar-refractivity contribution in [3.8, 4) is 0 Å². The van der Waals surface area contributed by atoms with E-state index in [9.17, 15) is 19.3 Å². The van der Waals surface area contributed by atoms with E-state index >= 15 is 0 Å². The van der Waals surface area contributed by atoms with Gasteiger partial charge in [-0.25, -0.2) is 9.18 Å². The summed E-state index contributed by atoms with van der Waals surface area (Å²) in [6.45, 7) is 1.39. The summed E-state index contributed by atoms with van der Waals surface area (Å²) in [7, 11) is 0. The van der Waals surface area contributed by atoms with Crippen LogP contribution in [0.25, 0.3) is 0 Å². The highest BCUT2D eigenvalue weighted by Crippen LogP contribution is 2.22. The molecule has 20 heavy (non-hydrogen) atoms. The minimum atomic E-state index is -0.873. The van der Waals surface area contributed by atoms with E-state index < -0.39 is 22.4 Å². The van der Waals surface area contributed by atoms with Crippen LogP contribution >= 0.6 is 0 Å². The van der Waals surface area contributed by atoms with Crippen molar-refractivity contribution in [2.24, 2.45) is 5.92 Å². The zero-order valence-corrected chi connectivity index (χ0v) is 10.7. The molecule has 0 unspecified atom stereocenters. The van der Waals surface area contributed by atoms with Crippen molar-refractivity contribution in [1.82, 2.24) is 0 Å². The van der Waals surface area contributed by atoms with E-state index in [1.807, 2.05) is 0 Å². The SMILES string of the molecule is O=C(OCC1CCOCC1)c1cc(F)ccc1[N+](=O)[O-]. The van der Waals surface area contributed by atoms with Crippen molar-refractivity contribution in [3.05, 3.63) is 39.7 Å². The summed E-state index contributed by atoms with van der Waals surface area (Å²) in [5.41, 5.74) is -0.814. The Hall–Kier alpha value is -2.02. The molecule has 0 spiro atoms. The van der Waals surface area contributed by atoms with Crippen LogP contribution in [0.15, 0.2) is 18.2 Å². The normalized spacial score (nSPS) is 15.8. The molecule has 0 amide bonds. The molecular formula is C13H14FNO5. The molecule has 108 valence electrons. The van der Waals surface area contributed by atoms with Crippen LogP contribution in [0.1, 0.15) is 23.2 Å². The first kappa shape index (κ1) is 14.4. The average Bonchev–Trinajstić information content (AvgIpc) is 2.45. The zero-order valence-electron chi connectivity index (χ0n) is 10.7. The second-order valence-corrected chi connectivity index (χ2v) is 4.57. The molecule has 0 saturated carbocycles. The molecule has 1 aliphatic rings. The number of nitro groups is 1. The van der Waals surface area contributed by atoms with Crippen molar-refractivity contribution in [2.75, 3.05) is 19.8 Å². The summed E-state index contributed by atoms with van der Waals surface area (Å²) in [4.78, 5) is 21.9. The molecular weight excluding hydrogens is 269 g/mol. The Balaban J connectivity index is 2.04. The summed E-state index contributed by atoms with van der Waals surface area (Å²) in [5, 5.41) is 10.8. The maximum Gasteiger partial charge on any atom is 0.345 e. The standard InChI is InChI=1S/C13H14FNO5/c14-10-1-2-12(15(17)18)11(7-10)13(16)20-8-9-3-5-19-6-4-9/h1-2,7,9H,3-6,8H2. The number of carbonyl (C=O) groups excluding carboxylic acids is 1. The van der Waals surface area contributed by atoms with E-state index in [4.69, 9.17) is 9.47 Å². The first-order valence-corrected chi connectivity index (χ1v) is 6.26. The molecule has 0 N–H and O–H groups in total. The molecule has 1 aromatic rings.